The summed E-state index contributed by atoms with van der Waals surface area (Å²) < 4.78 is 0. The van der Waals surface area contributed by atoms with E-state index in [4.69, 9.17) is 0 Å². The van der Waals surface area contributed by atoms with Gasteiger partial charge in [0.1, 0.15) is 0 Å². The number of likely N-dealkylation sites (tertiary alicyclic amines) is 1. The summed E-state index contributed by atoms with van der Waals surface area (Å²) in [5.41, 5.74) is 1.14. The van der Waals surface area contributed by atoms with E-state index in [1.165, 1.54) is 19.4 Å². The van der Waals surface area contributed by atoms with E-state index in [9.17, 15) is 0 Å². The van der Waals surface area contributed by atoms with E-state index >= 15 is 0 Å². The lowest BCUT2D eigenvalue weighted by molar-refractivity contribution is 0.357. The molecule has 0 saturated carbocycles. The molecule has 1 heteroatoms. The van der Waals surface area contributed by atoms with Crippen LogP contribution in [0.15, 0.2) is 24.3 Å². The topological polar surface area (TPSA) is 3.24 Å². The minimum Gasteiger partial charge on any atom is -0.300 e. The smallest absolute Gasteiger partial charge is 0.0278 e. The number of rotatable bonds is 2. The van der Waals surface area contributed by atoms with Crippen molar-refractivity contribution in [2.45, 2.75) is 25.8 Å². The van der Waals surface area contributed by atoms with Crippen LogP contribution in [0, 0.1) is 0 Å². The Kier molecular flexibility index (Phi) is 2.89. The maximum atomic E-state index is 3.84. The Hall–Kier alpha value is -0.560. The molecule has 0 unspecified atom stereocenters. The predicted octanol–water partition coefficient (Wildman–Crippen LogP) is 2.21. The number of hydrogen-bond donors (Lipinski definition) is 0. The molecule has 0 aliphatic carbocycles. The molecule has 1 aliphatic rings. The third kappa shape index (κ3) is 2.51. The summed E-state index contributed by atoms with van der Waals surface area (Å²) >= 11 is 0. The summed E-state index contributed by atoms with van der Waals surface area (Å²) in [7, 11) is 2.18. The standard InChI is InChI=1S/C10H17N/c1-9(2)6-7-10-5-4-8-11(10)3/h6-7,10H,1,4-5,8H2,2-3H3/b7-6+/t10-/m1/s1. The average molecular weight is 151 g/mol. The van der Waals surface area contributed by atoms with Gasteiger partial charge < -0.3 is 0 Å². The quantitative estimate of drug-likeness (QED) is 0.547. The van der Waals surface area contributed by atoms with E-state index < -0.39 is 0 Å². The van der Waals surface area contributed by atoms with Crippen LogP contribution in [0.2, 0.25) is 0 Å². The predicted molar refractivity (Wildman–Crippen MR) is 49.6 cm³/mol. The molecule has 0 amide bonds. The van der Waals surface area contributed by atoms with Gasteiger partial charge in [-0.1, -0.05) is 24.3 Å². The lowest BCUT2D eigenvalue weighted by Gasteiger charge is -2.14. The molecule has 11 heavy (non-hydrogen) atoms. The van der Waals surface area contributed by atoms with Crippen LogP contribution < -0.4 is 0 Å². The van der Waals surface area contributed by atoms with Crippen LogP contribution in [0.25, 0.3) is 0 Å². The maximum absolute atomic E-state index is 3.84. The number of hydrogen-bond acceptors (Lipinski definition) is 1. The highest BCUT2D eigenvalue weighted by atomic mass is 15.1. The highest BCUT2D eigenvalue weighted by molar-refractivity contribution is 5.14. The fourth-order valence-electron chi connectivity index (χ4n) is 1.45. The van der Waals surface area contributed by atoms with Gasteiger partial charge in [0.2, 0.25) is 0 Å². The molecule has 1 fully saturated rings. The Labute approximate surface area is 69.4 Å². The first-order chi connectivity index (χ1) is 5.20. The molecule has 62 valence electrons. The molecule has 1 saturated heterocycles. The molecule has 0 aromatic carbocycles. The Bertz CT molecular complexity index is 170. The molecule has 1 nitrogen and oxygen atoms in total. The number of allylic oxidation sites excluding steroid dienone is 2. The second kappa shape index (κ2) is 3.72. The van der Waals surface area contributed by atoms with Gasteiger partial charge in [-0.25, -0.2) is 0 Å². The van der Waals surface area contributed by atoms with Crippen LogP contribution >= 0.6 is 0 Å². The van der Waals surface area contributed by atoms with E-state index in [2.05, 4.69) is 30.7 Å². The lowest BCUT2D eigenvalue weighted by atomic mass is 10.2. The molecule has 1 atom stereocenters. The zero-order valence-corrected chi connectivity index (χ0v) is 7.51. The molecule has 0 aromatic rings. The van der Waals surface area contributed by atoms with Crippen LogP contribution in [0.4, 0.5) is 0 Å². The van der Waals surface area contributed by atoms with Crippen LogP contribution in [0.5, 0.6) is 0 Å². The molecule has 0 spiro atoms. The molecule has 0 aromatic heterocycles. The van der Waals surface area contributed by atoms with E-state index in [1.54, 1.807) is 0 Å². The first kappa shape index (κ1) is 8.54. The summed E-state index contributed by atoms with van der Waals surface area (Å²) in [5, 5.41) is 0. The first-order valence-corrected chi connectivity index (χ1v) is 4.24. The minimum atomic E-state index is 0.659. The Morgan fingerprint density at radius 3 is 2.82 bits per heavy atom. The average Bonchev–Trinajstić information content (AvgIpc) is 2.31. The van der Waals surface area contributed by atoms with Crippen molar-refractivity contribution in [3.8, 4) is 0 Å². The lowest BCUT2D eigenvalue weighted by Crippen LogP contribution is -2.22. The Morgan fingerprint density at radius 1 is 1.64 bits per heavy atom. The summed E-state index contributed by atoms with van der Waals surface area (Å²) in [4.78, 5) is 2.39. The van der Waals surface area contributed by atoms with Gasteiger partial charge >= 0.3 is 0 Å². The van der Waals surface area contributed by atoms with Crippen LogP contribution in [0.3, 0.4) is 0 Å². The molecule has 0 N–H and O–H groups in total. The SMILES string of the molecule is C=C(C)/C=C/[C@H]1CCCN1C. The van der Waals surface area contributed by atoms with E-state index in [1.807, 2.05) is 6.92 Å². The molecular formula is C10H17N. The van der Waals surface area contributed by atoms with Gasteiger partial charge in [-0.15, -0.1) is 0 Å². The van der Waals surface area contributed by atoms with Crippen molar-refractivity contribution in [1.82, 2.24) is 4.90 Å². The summed E-state index contributed by atoms with van der Waals surface area (Å²) in [5.74, 6) is 0. The zero-order chi connectivity index (χ0) is 8.27. The summed E-state index contributed by atoms with van der Waals surface area (Å²) in [6.07, 6.45) is 7.02. The van der Waals surface area contributed by atoms with Crippen LogP contribution in [0.1, 0.15) is 19.8 Å². The molecule has 1 rings (SSSR count). The van der Waals surface area contributed by atoms with Gasteiger partial charge in [-0.3, -0.25) is 4.90 Å². The van der Waals surface area contributed by atoms with Crippen LogP contribution in [-0.2, 0) is 0 Å². The third-order valence-corrected chi connectivity index (χ3v) is 2.18. The second-order valence-electron chi connectivity index (χ2n) is 3.40. The van der Waals surface area contributed by atoms with E-state index in [0.29, 0.717) is 6.04 Å². The molecule has 1 heterocycles. The van der Waals surface area contributed by atoms with Crippen molar-refractivity contribution in [2.24, 2.45) is 0 Å². The zero-order valence-electron chi connectivity index (χ0n) is 7.51. The Balaban J connectivity index is 2.42. The Morgan fingerprint density at radius 2 is 2.36 bits per heavy atom. The first-order valence-electron chi connectivity index (χ1n) is 4.24. The number of nitrogens with zero attached hydrogens (tertiary/aromatic N) is 1. The monoisotopic (exact) mass is 151 g/mol. The fourth-order valence-corrected chi connectivity index (χ4v) is 1.45. The van der Waals surface area contributed by atoms with Gasteiger partial charge in [0.15, 0.2) is 0 Å². The molecule has 0 radical (unpaired) electrons. The van der Waals surface area contributed by atoms with Gasteiger partial charge in [0.25, 0.3) is 0 Å². The molecule has 1 aliphatic heterocycles. The largest absolute Gasteiger partial charge is 0.300 e. The maximum Gasteiger partial charge on any atom is 0.0278 e. The van der Waals surface area contributed by atoms with E-state index in [0.717, 1.165) is 5.57 Å². The van der Waals surface area contributed by atoms with Gasteiger partial charge in [0, 0.05) is 6.04 Å². The van der Waals surface area contributed by atoms with Gasteiger partial charge in [0.05, 0.1) is 0 Å². The number of likely N-dealkylation sites (N-methyl/N-ethyl adjacent to an activating group) is 1. The third-order valence-electron chi connectivity index (χ3n) is 2.18. The van der Waals surface area contributed by atoms with Crippen molar-refractivity contribution in [3.63, 3.8) is 0 Å². The highest BCUT2D eigenvalue weighted by Gasteiger charge is 2.16. The molecule has 0 bridgehead atoms. The van der Waals surface area contributed by atoms with Crippen molar-refractivity contribution >= 4 is 0 Å². The summed E-state index contributed by atoms with van der Waals surface area (Å²) in [6.45, 7) is 7.11. The van der Waals surface area contributed by atoms with Crippen molar-refractivity contribution in [1.29, 1.82) is 0 Å². The van der Waals surface area contributed by atoms with Crippen molar-refractivity contribution in [3.05, 3.63) is 24.3 Å². The van der Waals surface area contributed by atoms with Crippen LogP contribution in [-0.4, -0.2) is 24.5 Å². The fraction of sp³-hybridized carbons (Fsp3) is 0.600. The van der Waals surface area contributed by atoms with Crippen molar-refractivity contribution < 1.29 is 0 Å². The van der Waals surface area contributed by atoms with Crippen molar-refractivity contribution in [2.75, 3.05) is 13.6 Å². The van der Waals surface area contributed by atoms with Gasteiger partial charge in [-0.05, 0) is 33.4 Å². The normalized spacial score (nSPS) is 26.5. The highest BCUT2D eigenvalue weighted by Crippen LogP contribution is 2.15. The second-order valence-corrected chi connectivity index (χ2v) is 3.40. The van der Waals surface area contributed by atoms with E-state index in [-0.39, 0.29) is 0 Å². The van der Waals surface area contributed by atoms with Gasteiger partial charge in [-0.2, -0.15) is 0 Å². The summed E-state index contributed by atoms with van der Waals surface area (Å²) in [6, 6.07) is 0.659. The molecular weight excluding hydrogens is 134 g/mol. The minimum absolute atomic E-state index is 0.659.